The molecule has 0 aromatic heterocycles. The van der Waals surface area contributed by atoms with Crippen molar-refractivity contribution in [3.8, 4) is 55.6 Å². The van der Waals surface area contributed by atoms with Crippen molar-refractivity contribution in [3.05, 3.63) is 205 Å². The van der Waals surface area contributed by atoms with Gasteiger partial charge >= 0.3 is 0 Å². The van der Waals surface area contributed by atoms with E-state index >= 15 is 0 Å². The lowest BCUT2D eigenvalue weighted by Gasteiger charge is -2.22. The molecule has 0 saturated carbocycles. The monoisotopic (exact) mass is 784 g/mol. The molecule has 1 aliphatic rings. The summed E-state index contributed by atoms with van der Waals surface area (Å²) >= 11 is 0. The fraction of sp³-hybridized carbons (Fsp3) is 0.0508. The van der Waals surface area contributed by atoms with Gasteiger partial charge in [-0.2, -0.15) is 0 Å². The summed E-state index contributed by atoms with van der Waals surface area (Å²) in [4.78, 5) is 0. The molecule has 0 amide bonds. The summed E-state index contributed by atoms with van der Waals surface area (Å²) in [5, 5.41) is -5.67. The highest BCUT2D eigenvalue weighted by atomic mass is 14.4. The lowest BCUT2D eigenvalue weighted by Crippen LogP contribution is -2.14. The summed E-state index contributed by atoms with van der Waals surface area (Å²) in [5.74, 6) is 0. The Balaban J connectivity index is 1.25. The zero-order valence-corrected chi connectivity index (χ0v) is 29.6. The van der Waals surface area contributed by atoms with Crippen LogP contribution in [0.25, 0.3) is 120 Å². The second-order valence-electron chi connectivity index (χ2n) is 13.8. The second kappa shape index (κ2) is 11.9. The third kappa shape index (κ3) is 4.66. The van der Waals surface area contributed by atoms with Gasteiger partial charge in [-0.1, -0.05) is 183 Å². The minimum Gasteiger partial charge on any atom is -0.0619 e. The van der Waals surface area contributed by atoms with Crippen molar-refractivity contribution in [1.29, 1.82) is 0 Å². The van der Waals surface area contributed by atoms with Gasteiger partial charge in [0.05, 0.1) is 42.5 Å². The molecule has 0 saturated heterocycles. The molecule has 0 nitrogen and oxygen atoms in total. The summed E-state index contributed by atoms with van der Waals surface area (Å²) in [5.41, 5.74) is -16.8. The number of hydrogen-bond acceptors (Lipinski definition) is 0. The van der Waals surface area contributed by atoms with E-state index in [2.05, 4.69) is 0 Å². The topological polar surface area (TPSA) is 0 Å². The van der Waals surface area contributed by atoms with Crippen LogP contribution in [0.4, 0.5) is 0 Å². The number of hydrogen-bond donors (Lipinski definition) is 0. The molecule has 12 aromatic carbocycles. The van der Waals surface area contributed by atoms with Crippen LogP contribution in [0.3, 0.4) is 0 Å². The average molecular weight is 784 g/mol. The quantitative estimate of drug-likeness (QED) is 0.156. The molecule has 0 heterocycles. The first kappa shape index (κ1) is 13.1. The smallest absolute Gasteiger partial charge is 0.0619 e. The van der Waals surface area contributed by atoms with Crippen molar-refractivity contribution in [2.45, 2.75) is 19.1 Å². The number of fused-ring (bicyclic) bond motifs is 3. The highest BCUT2D eigenvalue weighted by Crippen LogP contribution is 2.50. The van der Waals surface area contributed by atoms with Gasteiger partial charge in [0.2, 0.25) is 0 Å². The minimum atomic E-state index is -4.02. The maximum atomic E-state index is 10.3. The van der Waals surface area contributed by atoms with Gasteiger partial charge in [-0.25, -0.2) is 0 Å². The van der Waals surface area contributed by atoms with Crippen LogP contribution in [0.1, 0.15) is 75.5 Å². The second-order valence-corrected chi connectivity index (χ2v) is 13.8. The molecule has 59 heavy (non-hydrogen) atoms. The van der Waals surface area contributed by atoms with Gasteiger partial charge in [-0.3, -0.25) is 0 Å². The molecule has 0 spiro atoms. The first-order valence-electron chi connectivity index (χ1n) is 36.3. The van der Waals surface area contributed by atoms with Crippen molar-refractivity contribution in [2.24, 2.45) is 0 Å². The van der Waals surface area contributed by atoms with E-state index in [9.17, 15) is 24.7 Å². The lowest BCUT2D eigenvalue weighted by molar-refractivity contribution is 0.660. The maximum Gasteiger partial charge on any atom is 0.0636 e. The van der Waals surface area contributed by atoms with E-state index in [1.54, 1.807) is 0 Å². The van der Waals surface area contributed by atoms with Crippen LogP contribution in [0.15, 0.2) is 193 Å². The predicted octanol–water partition coefficient (Wildman–Crippen LogP) is 16.5. The highest BCUT2D eigenvalue weighted by Gasteiger charge is 2.35. The SMILES string of the molecule is [2H]c1cc2c([2H])c([2H])c3c([2H])c([2H])c(-c4c([2H])c(-c5c([2H])c([2H])c(-c6c([2H])c([2H])c7c([2H])c([2H])c8c([2H])c([2H])c([2H])c9c([2H])c([2H])c6c7c89)c([2H])c5[2H])c([2H])c(-c5c([2H])c([2H])c6c(c5[2H])C(C([2H])([2H])[2H])(C([2H])([2H])[2H])c5c([2H])c([2H])c([2H])c([2H])c5-6)c4[2H])c4c([2H])c([2H])c(c1[2H])c2c34. The molecule has 12 aromatic rings. The lowest BCUT2D eigenvalue weighted by atomic mass is 9.81. The molecular formula is C59H38. The molecule has 0 heteroatoms. The Morgan fingerprint density at radius 2 is 0.814 bits per heavy atom. The van der Waals surface area contributed by atoms with E-state index in [0.29, 0.717) is 0 Å². The average Bonchev–Trinajstić information content (AvgIpc) is 1.57. The van der Waals surface area contributed by atoms with Crippen LogP contribution >= 0.6 is 0 Å². The van der Waals surface area contributed by atoms with Gasteiger partial charge in [-0.05, 0) is 156 Å². The molecule has 0 radical (unpaired) electrons. The molecule has 0 aliphatic heterocycles. The van der Waals surface area contributed by atoms with Crippen LogP contribution in [0.2, 0.25) is 0 Å². The van der Waals surface area contributed by atoms with Crippen molar-refractivity contribution < 1.29 is 50.7 Å². The minimum absolute atomic E-state index is 0.289. The van der Waals surface area contributed by atoms with Gasteiger partial charge in [0.25, 0.3) is 0 Å². The molecule has 0 bridgehead atoms. The van der Waals surface area contributed by atoms with Crippen molar-refractivity contribution in [1.82, 2.24) is 0 Å². The maximum absolute atomic E-state index is 10.3. The summed E-state index contributed by atoms with van der Waals surface area (Å²) in [6.07, 6.45) is 0. The van der Waals surface area contributed by atoms with Crippen molar-refractivity contribution in [3.63, 3.8) is 0 Å². The predicted molar refractivity (Wildman–Crippen MR) is 253 cm³/mol. The zero-order chi connectivity index (χ0) is 71.0. The summed E-state index contributed by atoms with van der Waals surface area (Å²) in [6, 6.07) is -31.2. The third-order valence-corrected chi connectivity index (χ3v) is 10.6. The van der Waals surface area contributed by atoms with Crippen LogP contribution < -0.4 is 0 Å². The van der Waals surface area contributed by atoms with E-state index in [1.165, 1.54) is 0 Å². The fourth-order valence-electron chi connectivity index (χ4n) is 7.88. The van der Waals surface area contributed by atoms with Crippen molar-refractivity contribution >= 4 is 64.6 Å². The molecule has 0 fully saturated rings. The summed E-state index contributed by atoms with van der Waals surface area (Å²) in [6.45, 7) is -8.03. The zero-order valence-electron chi connectivity index (χ0n) is 66.6. The highest BCUT2D eigenvalue weighted by molar-refractivity contribution is 6.26. The van der Waals surface area contributed by atoms with Gasteiger partial charge in [-0.15, -0.1) is 0 Å². The Labute approximate surface area is 395 Å². The Kier molecular flexibility index (Phi) is 2.64. The Morgan fingerprint density at radius 1 is 0.322 bits per heavy atom. The third-order valence-electron chi connectivity index (χ3n) is 10.6. The molecule has 0 atom stereocenters. The fourth-order valence-corrected chi connectivity index (χ4v) is 7.88. The van der Waals surface area contributed by atoms with Crippen molar-refractivity contribution in [2.75, 3.05) is 0 Å². The normalized spacial score (nSPS) is 22.7. The van der Waals surface area contributed by atoms with Crippen LogP contribution in [-0.4, -0.2) is 0 Å². The molecular weight excluding hydrogens is 709 g/mol. The number of rotatable bonds is 4. The molecule has 274 valence electrons. The Bertz CT molecular complexity index is 5670. The van der Waals surface area contributed by atoms with Gasteiger partial charge in [0, 0.05) is 13.6 Å². The Morgan fingerprint density at radius 3 is 1.53 bits per heavy atom. The molecule has 1 aliphatic carbocycles. The van der Waals surface area contributed by atoms with E-state index in [0.717, 1.165) is 6.07 Å². The standard InChI is InChI=1S/C59H38/c1-59(2)53-12-4-3-11-49(53)50-28-25-43(34-54(50)59)45-31-44(32-46(33-45)48-27-22-42-20-18-38-8-6-10-40-24-30-52(48)58(42)56(38)40)35-13-15-36(16-14-35)47-26-21-41-19-17-37-7-5-9-39-23-29-51(47)57(41)55(37)39/h3-34H,1-2H3/i1D3,2D3,3D,4D,5D,6D,7D,9D,10D,11D,12D,13D,14D,15D,16D,17D,18D,19D,20D,21D,22D,23D,24D,25D,26D,27D,28D,29D,30D,31D,32D,33D,34D. The first-order chi connectivity index (χ1) is 44.5. The molecule has 0 N–H and O–H groups in total. The first-order valence-corrected chi connectivity index (χ1v) is 17.8. The summed E-state index contributed by atoms with van der Waals surface area (Å²) in [7, 11) is 0. The summed E-state index contributed by atoms with van der Waals surface area (Å²) < 4.78 is 344. The van der Waals surface area contributed by atoms with Gasteiger partial charge in [0.15, 0.2) is 0 Å². The van der Waals surface area contributed by atoms with Crippen LogP contribution in [0, 0.1) is 0 Å². The van der Waals surface area contributed by atoms with Crippen LogP contribution in [0.5, 0.6) is 0 Å². The van der Waals surface area contributed by atoms with Gasteiger partial charge in [0.1, 0.15) is 0 Å². The largest absolute Gasteiger partial charge is 0.0636 e. The number of benzene rings is 12. The van der Waals surface area contributed by atoms with E-state index in [4.69, 9.17) is 26.0 Å². The van der Waals surface area contributed by atoms with E-state index in [-0.39, 0.29) is 16.2 Å². The van der Waals surface area contributed by atoms with E-state index in [1.807, 2.05) is 0 Å². The van der Waals surface area contributed by atoms with Crippen LogP contribution in [-0.2, 0) is 5.41 Å². The molecule has 13 rings (SSSR count). The van der Waals surface area contributed by atoms with E-state index < -0.39 is 322 Å². The Hall–Kier alpha value is -7.28. The van der Waals surface area contributed by atoms with Gasteiger partial charge < -0.3 is 0 Å². The molecule has 0 unspecified atom stereocenters.